The largest absolute Gasteiger partial charge is 0.496 e. The van der Waals surface area contributed by atoms with Crippen molar-refractivity contribution in [2.45, 2.75) is 33.1 Å². The Balaban J connectivity index is 2.86. The number of aryl methyl sites for hydroxylation is 1. The molecule has 0 amide bonds. The summed E-state index contributed by atoms with van der Waals surface area (Å²) in [5.41, 5.74) is 9.59. The smallest absolute Gasteiger partial charge is 0.122 e. The lowest BCUT2D eigenvalue weighted by molar-refractivity contribution is 0.347. The van der Waals surface area contributed by atoms with E-state index in [1.165, 1.54) is 16.7 Å². The molecule has 0 aromatic heterocycles. The normalized spacial score (nSPS) is 11.4. The van der Waals surface area contributed by atoms with Crippen LogP contribution < -0.4 is 10.5 Å². The molecule has 1 aromatic rings. The van der Waals surface area contributed by atoms with Crippen LogP contribution in [0.15, 0.2) is 12.1 Å². The molecule has 1 aromatic carbocycles. The molecule has 0 fully saturated rings. The highest BCUT2D eigenvalue weighted by Crippen LogP contribution is 2.29. The Bertz CT molecular complexity index is 402. The zero-order chi connectivity index (χ0) is 14.4. The monoisotopic (exact) mass is 264 g/mol. The van der Waals surface area contributed by atoms with E-state index in [1.807, 2.05) is 0 Å². The molecule has 0 spiro atoms. The zero-order valence-corrected chi connectivity index (χ0v) is 13.0. The molecule has 2 N–H and O–H groups in total. The Morgan fingerprint density at radius 1 is 1.26 bits per heavy atom. The van der Waals surface area contributed by atoms with Crippen LogP contribution in [-0.4, -0.2) is 38.7 Å². The van der Waals surface area contributed by atoms with E-state index in [0.29, 0.717) is 5.92 Å². The predicted octanol–water partition coefficient (Wildman–Crippen LogP) is 2.56. The van der Waals surface area contributed by atoms with Gasteiger partial charge in [0, 0.05) is 19.6 Å². The highest BCUT2D eigenvalue weighted by Gasteiger charge is 2.11. The van der Waals surface area contributed by atoms with Crippen LogP contribution in [0.5, 0.6) is 5.75 Å². The van der Waals surface area contributed by atoms with Crippen molar-refractivity contribution in [3.8, 4) is 5.75 Å². The topological polar surface area (TPSA) is 38.5 Å². The standard InChI is InChI=1S/C16H28N2O/c1-12(2)15-11-14(6-8-18(4)9-7-17)13(3)10-16(15)19-5/h10-12H,6-9,17H2,1-5H3. The summed E-state index contributed by atoms with van der Waals surface area (Å²) >= 11 is 0. The van der Waals surface area contributed by atoms with Crippen molar-refractivity contribution in [2.24, 2.45) is 5.73 Å². The van der Waals surface area contributed by atoms with Gasteiger partial charge in [-0.05, 0) is 49.1 Å². The van der Waals surface area contributed by atoms with Crippen LogP contribution in [0.4, 0.5) is 0 Å². The summed E-state index contributed by atoms with van der Waals surface area (Å²) in [6, 6.07) is 4.46. The van der Waals surface area contributed by atoms with Crippen molar-refractivity contribution in [3.63, 3.8) is 0 Å². The number of hydrogen-bond acceptors (Lipinski definition) is 3. The van der Waals surface area contributed by atoms with Gasteiger partial charge in [0.25, 0.3) is 0 Å². The second kappa shape index (κ2) is 7.51. The summed E-state index contributed by atoms with van der Waals surface area (Å²) < 4.78 is 5.48. The van der Waals surface area contributed by atoms with E-state index in [-0.39, 0.29) is 0 Å². The Hall–Kier alpha value is -1.06. The summed E-state index contributed by atoms with van der Waals surface area (Å²) in [5, 5.41) is 0. The van der Waals surface area contributed by atoms with E-state index in [4.69, 9.17) is 10.5 Å². The fraction of sp³-hybridized carbons (Fsp3) is 0.625. The van der Waals surface area contributed by atoms with E-state index >= 15 is 0 Å². The maximum atomic E-state index is 5.57. The van der Waals surface area contributed by atoms with Gasteiger partial charge in [0.2, 0.25) is 0 Å². The second-order valence-corrected chi connectivity index (χ2v) is 5.52. The molecule has 1 rings (SSSR count). The van der Waals surface area contributed by atoms with Crippen LogP contribution in [0.2, 0.25) is 0 Å². The molecule has 0 unspecified atom stereocenters. The Morgan fingerprint density at radius 3 is 2.47 bits per heavy atom. The lowest BCUT2D eigenvalue weighted by Gasteiger charge is -2.19. The predicted molar refractivity (Wildman–Crippen MR) is 82.1 cm³/mol. The molecule has 0 aliphatic rings. The number of likely N-dealkylation sites (N-methyl/N-ethyl adjacent to an activating group) is 1. The molecule has 0 saturated heterocycles. The van der Waals surface area contributed by atoms with E-state index < -0.39 is 0 Å². The van der Waals surface area contributed by atoms with Crippen LogP contribution in [-0.2, 0) is 6.42 Å². The molecule has 0 heterocycles. The fourth-order valence-corrected chi connectivity index (χ4v) is 2.29. The van der Waals surface area contributed by atoms with Gasteiger partial charge < -0.3 is 15.4 Å². The number of rotatable bonds is 7. The first kappa shape index (κ1) is 16.0. The van der Waals surface area contributed by atoms with Crippen molar-refractivity contribution in [1.29, 1.82) is 0 Å². The van der Waals surface area contributed by atoms with Gasteiger partial charge in [-0.15, -0.1) is 0 Å². The van der Waals surface area contributed by atoms with E-state index in [9.17, 15) is 0 Å². The number of methoxy groups -OCH3 is 1. The lowest BCUT2D eigenvalue weighted by Crippen LogP contribution is -2.27. The number of hydrogen-bond donors (Lipinski definition) is 1. The molecule has 108 valence electrons. The average Bonchev–Trinajstić information content (AvgIpc) is 2.36. The summed E-state index contributed by atoms with van der Waals surface area (Å²) in [5.74, 6) is 1.49. The number of nitrogens with two attached hydrogens (primary N) is 1. The first-order valence-electron chi connectivity index (χ1n) is 7.05. The molecular formula is C16H28N2O. The molecule has 3 heteroatoms. The summed E-state index contributed by atoms with van der Waals surface area (Å²) in [6.07, 6.45) is 1.06. The Morgan fingerprint density at radius 2 is 1.95 bits per heavy atom. The molecule has 0 radical (unpaired) electrons. The van der Waals surface area contributed by atoms with E-state index in [0.717, 1.165) is 31.8 Å². The second-order valence-electron chi connectivity index (χ2n) is 5.52. The first-order chi connectivity index (χ1) is 8.99. The summed E-state index contributed by atoms with van der Waals surface area (Å²) in [7, 11) is 3.87. The maximum Gasteiger partial charge on any atom is 0.122 e. The highest BCUT2D eigenvalue weighted by molar-refractivity contribution is 5.44. The van der Waals surface area contributed by atoms with Crippen molar-refractivity contribution in [2.75, 3.05) is 33.8 Å². The van der Waals surface area contributed by atoms with Crippen LogP contribution in [0.1, 0.15) is 36.5 Å². The third kappa shape index (κ3) is 4.51. The van der Waals surface area contributed by atoms with Crippen LogP contribution >= 0.6 is 0 Å². The molecule has 19 heavy (non-hydrogen) atoms. The highest BCUT2D eigenvalue weighted by atomic mass is 16.5. The number of ether oxygens (including phenoxy) is 1. The molecule has 0 aliphatic heterocycles. The minimum atomic E-state index is 0.482. The van der Waals surface area contributed by atoms with Gasteiger partial charge in [-0.3, -0.25) is 0 Å². The minimum Gasteiger partial charge on any atom is -0.496 e. The fourth-order valence-electron chi connectivity index (χ4n) is 2.29. The van der Waals surface area contributed by atoms with Crippen LogP contribution in [0.25, 0.3) is 0 Å². The molecular weight excluding hydrogens is 236 g/mol. The summed E-state index contributed by atoms with van der Waals surface area (Å²) in [6.45, 7) is 9.28. The maximum absolute atomic E-state index is 5.57. The van der Waals surface area contributed by atoms with Crippen LogP contribution in [0.3, 0.4) is 0 Å². The van der Waals surface area contributed by atoms with Gasteiger partial charge >= 0.3 is 0 Å². The van der Waals surface area contributed by atoms with Crippen molar-refractivity contribution in [1.82, 2.24) is 4.90 Å². The van der Waals surface area contributed by atoms with Crippen molar-refractivity contribution >= 4 is 0 Å². The van der Waals surface area contributed by atoms with Gasteiger partial charge in [-0.2, -0.15) is 0 Å². The molecule has 0 saturated carbocycles. The minimum absolute atomic E-state index is 0.482. The third-order valence-electron chi connectivity index (χ3n) is 3.58. The Kier molecular flexibility index (Phi) is 6.32. The molecule has 0 atom stereocenters. The Labute approximate surface area is 117 Å². The van der Waals surface area contributed by atoms with Gasteiger partial charge in [0.05, 0.1) is 7.11 Å². The number of benzene rings is 1. The third-order valence-corrected chi connectivity index (χ3v) is 3.58. The van der Waals surface area contributed by atoms with Crippen molar-refractivity contribution < 1.29 is 4.74 Å². The zero-order valence-electron chi connectivity index (χ0n) is 13.0. The molecule has 0 bridgehead atoms. The van der Waals surface area contributed by atoms with Crippen LogP contribution in [0, 0.1) is 6.92 Å². The van der Waals surface area contributed by atoms with E-state index in [1.54, 1.807) is 7.11 Å². The average molecular weight is 264 g/mol. The summed E-state index contributed by atoms with van der Waals surface area (Å²) in [4.78, 5) is 2.28. The molecule has 3 nitrogen and oxygen atoms in total. The lowest BCUT2D eigenvalue weighted by atomic mass is 9.95. The first-order valence-corrected chi connectivity index (χ1v) is 7.05. The van der Waals surface area contributed by atoms with Gasteiger partial charge in [-0.1, -0.05) is 19.9 Å². The van der Waals surface area contributed by atoms with Crippen molar-refractivity contribution in [3.05, 3.63) is 28.8 Å². The SMILES string of the molecule is COc1cc(C)c(CCN(C)CCN)cc1C(C)C. The number of nitrogens with zero attached hydrogens (tertiary/aromatic N) is 1. The van der Waals surface area contributed by atoms with Gasteiger partial charge in [-0.25, -0.2) is 0 Å². The van der Waals surface area contributed by atoms with Gasteiger partial charge in [0.15, 0.2) is 0 Å². The van der Waals surface area contributed by atoms with E-state index in [2.05, 4.69) is 44.9 Å². The van der Waals surface area contributed by atoms with Gasteiger partial charge in [0.1, 0.15) is 5.75 Å². The quantitative estimate of drug-likeness (QED) is 0.822. The molecule has 0 aliphatic carbocycles.